The molecule has 2 aromatic rings. The molecule has 0 spiro atoms. The van der Waals surface area contributed by atoms with Crippen LogP contribution < -0.4 is 4.80 Å². The standard InChI is InChI=1S/C10H12N4OS/c1-8(14-5-3-4-11-14)9(15)12-10-13(2)6-7-16-10/h3-8H,1-2H3. The molecule has 0 N–H and O–H groups in total. The first kappa shape index (κ1) is 10.8. The summed E-state index contributed by atoms with van der Waals surface area (Å²) in [6.07, 6.45) is 5.27. The fourth-order valence-corrected chi connectivity index (χ4v) is 1.98. The van der Waals surface area contributed by atoms with E-state index in [9.17, 15) is 4.79 Å². The highest BCUT2D eigenvalue weighted by atomic mass is 32.1. The van der Waals surface area contributed by atoms with Gasteiger partial charge in [-0.05, 0) is 13.0 Å². The summed E-state index contributed by atoms with van der Waals surface area (Å²) in [6, 6.07) is 1.42. The van der Waals surface area contributed by atoms with Gasteiger partial charge < -0.3 is 4.57 Å². The predicted molar refractivity (Wildman–Crippen MR) is 60.8 cm³/mol. The van der Waals surface area contributed by atoms with Crippen molar-refractivity contribution in [2.45, 2.75) is 13.0 Å². The van der Waals surface area contributed by atoms with Crippen LogP contribution in [0.15, 0.2) is 35.0 Å². The smallest absolute Gasteiger partial charge is 0.272 e. The molecule has 2 aromatic heterocycles. The number of aryl methyl sites for hydroxylation is 1. The molecule has 2 rings (SSSR count). The molecule has 0 aliphatic rings. The number of carbonyl (C=O) groups excluding carboxylic acids is 1. The molecule has 1 amide bonds. The number of thiazole rings is 1. The minimum absolute atomic E-state index is 0.193. The van der Waals surface area contributed by atoms with Crippen LogP contribution in [0.1, 0.15) is 13.0 Å². The monoisotopic (exact) mass is 236 g/mol. The van der Waals surface area contributed by atoms with Crippen molar-refractivity contribution >= 4 is 17.2 Å². The highest BCUT2D eigenvalue weighted by molar-refractivity contribution is 7.07. The van der Waals surface area contributed by atoms with Crippen molar-refractivity contribution in [3.05, 3.63) is 34.8 Å². The Morgan fingerprint density at radius 2 is 2.38 bits per heavy atom. The van der Waals surface area contributed by atoms with E-state index in [0.717, 1.165) is 0 Å². The van der Waals surface area contributed by atoms with E-state index in [1.54, 1.807) is 30.1 Å². The minimum atomic E-state index is -0.364. The number of hydrogen-bond donors (Lipinski definition) is 0. The topological polar surface area (TPSA) is 52.2 Å². The largest absolute Gasteiger partial charge is 0.327 e. The van der Waals surface area contributed by atoms with Gasteiger partial charge in [0.05, 0.1) is 0 Å². The number of rotatable bonds is 2. The Hall–Kier alpha value is -1.69. The number of nitrogens with zero attached hydrogens (tertiary/aromatic N) is 4. The van der Waals surface area contributed by atoms with E-state index in [0.29, 0.717) is 4.80 Å². The van der Waals surface area contributed by atoms with Crippen molar-refractivity contribution in [3.8, 4) is 0 Å². The van der Waals surface area contributed by atoms with Gasteiger partial charge in [0.1, 0.15) is 6.04 Å². The molecule has 0 radical (unpaired) electrons. The zero-order chi connectivity index (χ0) is 11.5. The number of carbonyl (C=O) groups is 1. The summed E-state index contributed by atoms with van der Waals surface area (Å²) in [6.45, 7) is 1.78. The Morgan fingerprint density at radius 1 is 1.56 bits per heavy atom. The zero-order valence-corrected chi connectivity index (χ0v) is 9.89. The summed E-state index contributed by atoms with van der Waals surface area (Å²) >= 11 is 1.44. The third kappa shape index (κ3) is 2.11. The van der Waals surface area contributed by atoms with Gasteiger partial charge in [-0.1, -0.05) is 0 Å². The van der Waals surface area contributed by atoms with Crippen LogP contribution in [0.5, 0.6) is 0 Å². The fourth-order valence-electron chi connectivity index (χ4n) is 1.25. The molecule has 0 saturated carbocycles. The Morgan fingerprint density at radius 3 is 2.94 bits per heavy atom. The summed E-state index contributed by atoms with van der Waals surface area (Å²) in [5.41, 5.74) is 0. The SMILES string of the molecule is CC(C(=O)N=c1sccn1C)n1cccn1. The average Bonchev–Trinajstić information content (AvgIpc) is 2.89. The van der Waals surface area contributed by atoms with Gasteiger partial charge in [0, 0.05) is 31.0 Å². The molecule has 1 atom stereocenters. The van der Waals surface area contributed by atoms with Gasteiger partial charge in [0.25, 0.3) is 5.91 Å². The van der Waals surface area contributed by atoms with Gasteiger partial charge in [0.15, 0.2) is 4.80 Å². The maximum atomic E-state index is 11.8. The highest BCUT2D eigenvalue weighted by Crippen LogP contribution is 2.05. The number of hydrogen-bond acceptors (Lipinski definition) is 3. The van der Waals surface area contributed by atoms with Crippen molar-refractivity contribution in [1.82, 2.24) is 14.3 Å². The van der Waals surface area contributed by atoms with Gasteiger partial charge in [-0.15, -0.1) is 11.3 Å². The molecule has 84 valence electrons. The second-order valence-electron chi connectivity index (χ2n) is 3.41. The molecule has 0 saturated heterocycles. The average molecular weight is 236 g/mol. The minimum Gasteiger partial charge on any atom is -0.327 e. The van der Waals surface area contributed by atoms with Crippen LogP contribution in [0.3, 0.4) is 0 Å². The normalized spacial score (nSPS) is 14.0. The quantitative estimate of drug-likeness (QED) is 0.780. The first-order chi connectivity index (χ1) is 7.68. The van der Waals surface area contributed by atoms with Gasteiger partial charge in [-0.25, -0.2) is 0 Å². The Kier molecular flexibility index (Phi) is 3.00. The van der Waals surface area contributed by atoms with Crippen molar-refractivity contribution in [2.75, 3.05) is 0 Å². The van der Waals surface area contributed by atoms with Crippen LogP contribution in [0.25, 0.3) is 0 Å². The molecule has 0 aromatic carbocycles. The Labute approximate surface area is 96.7 Å². The molecule has 0 fully saturated rings. The molecule has 1 unspecified atom stereocenters. The summed E-state index contributed by atoms with van der Waals surface area (Å²) in [4.78, 5) is 16.6. The second kappa shape index (κ2) is 4.44. The maximum absolute atomic E-state index is 11.8. The van der Waals surface area contributed by atoms with Gasteiger partial charge in [-0.2, -0.15) is 10.1 Å². The third-order valence-corrected chi connectivity index (χ3v) is 3.09. The lowest BCUT2D eigenvalue weighted by Crippen LogP contribution is -2.19. The maximum Gasteiger partial charge on any atom is 0.272 e. The lowest BCUT2D eigenvalue weighted by Gasteiger charge is -2.06. The molecule has 5 nitrogen and oxygen atoms in total. The van der Waals surface area contributed by atoms with Gasteiger partial charge in [0.2, 0.25) is 0 Å². The summed E-state index contributed by atoms with van der Waals surface area (Å²) < 4.78 is 3.41. The van der Waals surface area contributed by atoms with E-state index in [1.165, 1.54) is 11.3 Å². The van der Waals surface area contributed by atoms with Crippen LogP contribution in [-0.4, -0.2) is 20.3 Å². The summed E-state index contributed by atoms with van der Waals surface area (Å²) in [5, 5.41) is 5.91. The van der Waals surface area contributed by atoms with Crippen molar-refractivity contribution < 1.29 is 4.79 Å². The molecule has 6 heteroatoms. The first-order valence-corrected chi connectivity index (χ1v) is 5.74. The lowest BCUT2D eigenvalue weighted by atomic mass is 10.3. The molecule has 0 bridgehead atoms. The molecule has 0 aliphatic carbocycles. The van der Waals surface area contributed by atoms with Crippen molar-refractivity contribution in [1.29, 1.82) is 0 Å². The fraction of sp³-hybridized carbons (Fsp3) is 0.300. The van der Waals surface area contributed by atoms with E-state index in [1.807, 2.05) is 23.2 Å². The predicted octanol–water partition coefficient (Wildman–Crippen LogP) is 0.972. The van der Waals surface area contributed by atoms with Crippen molar-refractivity contribution in [2.24, 2.45) is 12.0 Å². The van der Waals surface area contributed by atoms with Crippen LogP contribution in [0, 0.1) is 0 Å². The first-order valence-electron chi connectivity index (χ1n) is 4.86. The van der Waals surface area contributed by atoms with E-state index < -0.39 is 0 Å². The van der Waals surface area contributed by atoms with Crippen LogP contribution in [-0.2, 0) is 11.8 Å². The lowest BCUT2D eigenvalue weighted by molar-refractivity contribution is -0.121. The highest BCUT2D eigenvalue weighted by Gasteiger charge is 2.13. The van der Waals surface area contributed by atoms with Crippen LogP contribution in [0.2, 0.25) is 0 Å². The summed E-state index contributed by atoms with van der Waals surface area (Å²) in [5.74, 6) is -0.193. The van der Waals surface area contributed by atoms with Crippen LogP contribution in [0.4, 0.5) is 0 Å². The van der Waals surface area contributed by atoms with E-state index >= 15 is 0 Å². The van der Waals surface area contributed by atoms with E-state index in [4.69, 9.17) is 0 Å². The molecule has 0 aliphatic heterocycles. The Balaban J connectivity index is 2.25. The van der Waals surface area contributed by atoms with Gasteiger partial charge in [-0.3, -0.25) is 9.48 Å². The van der Waals surface area contributed by atoms with Crippen LogP contribution >= 0.6 is 11.3 Å². The van der Waals surface area contributed by atoms with Gasteiger partial charge >= 0.3 is 0 Å². The zero-order valence-electron chi connectivity index (χ0n) is 9.07. The second-order valence-corrected chi connectivity index (χ2v) is 4.28. The Bertz CT molecular complexity index is 537. The van der Waals surface area contributed by atoms with Crippen molar-refractivity contribution in [3.63, 3.8) is 0 Å². The number of amides is 1. The molecular weight excluding hydrogens is 224 g/mol. The third-order valence-electron chi connectivity index (χ3n) is 2.24. The van der Waals surface area contributed by atoms with E-state index in [2.05, 4.69) is 10.1 Å². The van der Waals surface area contributed by atoms with E-state index in [-0.39, 0.29) is 11.9 Å². The number of aromatic nitrogens is 3. The molecule has 16 heavy (non-hydrogen) atoms. The molecular formula is C10H12N4OS. The molecule has 2 heterocycles. The summed E-state index contributed by atoms with van der Waals surface area (Å²) in [7, 11) is 1.86.